The molecule has 19 heavy (non-hydrogen) atoms. The standard InChI is InChI=1S/C15H26N2O2/c1-10(2)15(6-7-16-9-15)14(18)17-12-5-8-19-13(12)11-3-4-11/h10-13,16H,3-9H2,1-2H3,(H,17,18). The molecule has 1 saturated carbocycles. The Labute approximate surface area is 115 Å². The molecule has 2 saturated heterocycles. The Morgan fingerprint density at radius 1 is 1.37 bits per heavy atom. The second kappa shape index (κ2) is 5.06. The van der Waals surface area contributed by atoms with E-state index in [0.29, 0.717) is 11.8 Å². The van der Waals surface area contributed by atoms with Gasteiger partial charge in [-0.15, -0.1) is 0 Å². The summed E-state index contributed by atoms with van der Waals surface area (Å²) in [4.78, 5) is 12.7. The summed E-state index contributed by atoms with van der Waals surface area (Å²) in [6.07, 6.45) is 4.76. The molecule has 0 bridgehead atoms. The van der Waals surface area contributed by atoms with Gasteiger partial charge in [0.2, 0.25) is 5.91 Å². The Kier molecular flexibility index (Phi) is 3.56. The SMILES string of the molecule is CC(C)C1(C(=O)NC2CCOC2C2CC2)CCNC1. The number of nitrogens with one attached hydrogen (secondary N) is 2. The number of hydrogen-bond acceptors (Lipinski definition) is 3. The molecule has 4 heteroatoms. The van der Waals surface area contributed by atoms with Gasteiger partial charge in [-0.05, 0) is 44.1 Å². The molecule has 0 aromatic heterocycles. The lowest BCUT2D eigenvalue weighted by Crippen LogP contribution is -2.51. The van der Waals surface area contributed by atoms with Crippen LogP contribution in [0.5, 0.6) is 0 Å². The van der Waals surface area contributed by atoms with E-state index in [1.54, 1.807) is 0 Å². The van der Waals surface area contributed by atoms with Gasteiger partial charge in [0.25, 0.3) is 0 Å². The highest BCUT2D eigenvalue weighted by molar-refractivity contribution is 5.84. The predicted octanol–water partition coefficient (Wildman–Crippen LogP) is 1.31. The quantitative estimate of drug-likeness (QED) is 0.806. The maximum Gasteiger partial charge on any atom is 0.228 e. The molecule has 0 spiro atoms. The minimum atomic E-state index is -0.212. The zero-order valence-corrected chi connectivity index (χ0v) is 12.1. The number of hydrogen-bond donors (Lipinski definition) is 2. The zero-order chi connectivity index (χ0) is 13.5. The Morgan fingerprint density at radius 3 is 2.74 bits per heavy atom. The van der Waals surface area contributed by atoms with Crippen molar-refractivity contribution in [2.45, 2.75) is 51.7 Å². The highest BCUT2D eigenvalue weighted by Crippen LogP contribution is 2.40. The molecule has 2 aliphatic heterocycles. The summed E-state index contributed by atoms with van der Waals surface area (Å²) in [5, 5.41) is 6.67. The predicted molar refractivity (Wildman–Crippen MR) is 73.8 cm³/mol. The lowest BCUT2D eigenvalue weighted by molar-refractivity contribution is -0.133. The zero-order valence-electron chi connectivity index (χ0n) is 12.1. The molecule has 3 atom stereocenters. The van der Waals surface area contributed by atoms with Gasteiger partial charge in [-0.2, -0.15) is 0 Å². The van der Waals surface area contributed by atoms with Crippen LogP contribution in [0.3, 0.4) is 0 Å². The van der Waals surface area contributed by atoms with Crippen LogP contribution < -0.4 is 10.6 Å². The molecule has 3 aliphatic rings. The van der Waals surface area contributed by atoms with Crippen LogP contribution in [0.2, 0.25) is 0 Å². The van der Waals surface area contributed by atoms with Gasteiger partial charge in [-0.3, -0.25) is 4.79 Å². The van der Waals surface area contributed by atoms with Gasteiger partial charge in [0.15, 0.2) is 0 Å². The van der Waals surface area contributed by atoms with E-state index < -0.39 is 0 Å². The van der Waals surface area contributed by atoms with Crippen molar-refractivity contribution < 1.29 is 9.53 Å². The minimum absolute atomic E-state index is 0.212. The van der Waals surface area contributed by atoms with Gasteiger partial charge >= 0.3 is 0 Å². The molecule has 108 valence electrons. The Bertz CT molecular complexity index is 346. The summed E-state index contributed by atoms with van der Waals surface area (Å²) >= 11 is 0. The van der Waals surface area contributed by atoms with Crippen LogP contribution in [-0.4, -0.2) is 37.7 Å². The van der Waals surface area contributed by atoms with Gasteiger partial charge in [-0.25, -0.2) is 0 Å². The minimum Gasteiger partial charge on any atom is -0.376 e. The molecule has 3 rings (SSSR count). The van der Waals surface area contributed by atoms with Gasteiger partial charge < -0.3 is 15.4 Å². The third-order valence-corrected chi connectivity index (χ3v) is 5.28. The third kappa shape index (κ3) is 2.40. The molecule has 1 aliphatic carbocycles. The highest BCUT2D eigenvalue weighted by Gasteiger charge is 2.47. The fourth-order valence-electron chi connectivity index (χ4n) is 3.63. The second-order valence-corrected chi connectivity index (χ2v) is 6.78. The summed E-state index contributed by atoms with van der Waals surface area (Å²) in [7, 11) is 0. The smallest absolute Gasteiger partial charge is 0.228 e. The van der Waals surface area contributed by atoms with E-state index in [-0.39, 0.29) is 23.5 Å². The molecule has 3 unspecified atom stereocenters. The topological polar surface area (TPSA) is 50.4 Å². The van der Waals surface area contributed by atoms with Crippen LogP contribution in [0.15, 0.2) is 0 Å². The van der Waals surface area contributed by atoms with Gasteiger partial charge in [0.05, 0.1) is 17.6 Å². The van der Waals surface area contributed by atoms with E-state index in [9.17, 15) is 4.79 Å². The van der Waals surface area contributed by atoms with Crippen molar-refractivity contribution in [2.75, 3.05) is 19.7 Å². The normalized spacial score (nSPS) is 38.9. The summed E-state index contributed by atoms with van der Waals surface area (Å²) in [6.45, 7) is 6.90. The van der Waals surface area contributed by atoms with Crippen LogP contribution in [0.1, 0.15) is 39.5 Å². The van der Waals surface area contributed by atoms with Crippen LogP contribution in [0.25, 0.3) is 0 Å². The average molecular weight is 266 g/mol. The summed E-state index contributed by atoms with van der Waals surface area (Å²) < 4.78 is 5.82. The molecule has 0 radical (unpaired) electrons. The first-order valence-corrected chi connectivity index (χ1v) is 7.77. The largest absolute Gasteiger partial charge is 0.376 e. The third-order valence-electron chi connectivity index (χ3n) is 5.28. The van der Waals surface area contributed by atoms with E-state index in [1.807, 2.05) is 0 Å². The van der Waals surface area contributed by atoms with Crippen molar-refractivity contribution in [3.8, 4) is 0 Å². The second-order valence-electron chi connectivity index (χ2n) is 6.78. The summed E-state index contributed by atoms with van der Waals surface area (Å²) in [5.41, 5.74) is -0.212. The fourth-order valence-corrected chi connectivity index (χ4v) is 3.63. The number of rotatable bonds is 4. The van der Waals surface area contributed by atoms with Crippen molar-refractivity contribution in [2.24, 2.45) is 17.3 Å². The highest BCUT2D eigenvalue weighted by atomic mass is 16.5. The number of ether oxygens (including phenoxy) is 1. The maximum absolute atomic E-state index is 12.7. The van der Waals surface area contributed by atoms with Gasteiger partial charge in [0.1, 0.15) is 0 Å². The van der Waals surface area contributed by atoms with Gasteiger partial charge in [0, 0.05) is 13.2 Å². The number of amides is 1. The first-order chi connectivity index (χ1) is 9.13. The molecular formula is C15H26N2O2. The summed E-state index contributed by atoms with van der Waals surface area (Å²) in [5.74, 6) is 1.32. The van der Waals surface area contributed by atoms with E-state index in [0.717, 1.165) is 32.5 Å². The van der Waals surface area contributed by atoms with Crippen LogP contribution in [0.4, 0.5) is 0 Å². The average Bonchev–Trinajstić information content (AvgIpc) is 2.93. The van der Waals surface area contributed by atoms with Crippen LogP contribution in [-0.2, 0) is 9.53 Å². The monoisotopic (exact) mass is 266 g/mol. The van der Waals surface area contributed by atoms with Crippen LogP contribution in [0, 0.1) is 17.3 Å². The van der Waals surface area contributed by atoms with Crippen molar-refractivity contribution in [1.82, 2.24) is 10.6 Å². The van der Waals surface area contributed by atoms with E-state index in [2.05, 4.69) is 24.5 Å². The van der Waals surface area contributed by atoms with Crippen molar-refractivity contribution in [3.05, 3.63) is 0 Å². The first-order valence-electron chi connectivity index (χ1n) is 7.77. The lowest BCUT2D eigenvalue weighted by atomic mass is 9.75. The molecule has 4 nitrogen and oxygen atoms in total. The molecule has 2 N–H and O–H groups in total. The maximum atomic E-state index is 12.7. The van der Waals surface area contributed by atoms with Gasteiger partial charge in [-0.1, -0.05) is 13.8 Å². The number of carbonyl (C=O) groups excluding carboxylic acids is 1. The Morgan fingerprint density at radius 2 is 2.16 bits per heavy atom. The van der Waals surface area contributed by atoms with Crippen LogP contribution >= 0.6 is 0 Å². The molecular weight excluding hydrogens is 240 g/mol. The number of carbonyl (C=O) groups is 1. The van der Waals surface area contributed by atoms with Crippen molar-refractivity contribution >= 4 is 5.91 Å². The Balaban J connectivity index is 1.66. The van der Waals surface area contributed by atoms with E-state index >= 15 is 0 Å². The lowest BCUT2D eigenvalue weighted by Gasteiger charge is -2.33. The molecule has 0 aromatic rings. The molecule has 3 fully saturated rings. The van der Waals surface area contributed by atoms with E-state index in [4.69, 9.17) is 4.74 Å². The molecule has 2 heterocycles. The Hall–Kier alpha value is -0.610. The fraction of sp³-hybridized carbons (Fsp3) is 0.933. The molecule has 1 amide bonds. The van der Waals surface area contributed by atoms with Crippen molar-refractivity contribution in [1.29, 1.82) is 0 Å². The molecule has 0 aromatic carbocycles. The van der Waals surface area contributed by atoms with E-state index in [1.165, 1.54) is 12.8 Å². The summed E-state index contributed by atoms with van der Waals surface area (Å²) in [6, 6.07) is 0.247. The first kappa shape index (κ1) is 13.4. The van der Waals surface area contributed by atoms with Crippen molar-refractivity contribution in [3.63, 3.8) is 0 Å².